The van der Waals surface area contributed by atoms with E-state index in [1.54, 1.807) is 16.7 Å². The van der Waals surface area contributed by atoms with Gasteiger partial charge in [0, 0.05) is 23.5 Å². The molecule has 114 valence electrons. The Kier molecular flexibility index (Phi) is 4.99. The molecule has 1 saturated carbocycles. The van der Waals surface area contributed by atoms with Gasteiger partial charge >= 0.3 is 5.97 Å². The maximum absolute atomic E-state index is 13.0. The summed E-state index contributed by atoms with van der Waals surface area (Å²) in [4.78, 5) is 26.1. The lowest BCUT2D eigenvalue weighted by atomic mass is 9.77. The molecule has 2 fully saturated rings. The minimum absolute atomic E-state index is 0.108. The standard InChI is InChI=1S/C15H25NO3S/c1-11(2)9-15(5-3-4-6-15)14(19)16-7-8-20-10-12(16)13(17)18/h11-12H,3-10H2,1-2H3,(H,17,18). The van der Waals surface area contributed by atoms with Gasteiger partial charge in [-0.15, -0.1) is 0 Å². The second kappa shape index (κ2) is 6.37. The molecule has 1 unspecified atom stereocenters. The van der Waals surface area contributed by atoms with Crippen LogP contribution < -0.4 is 0 Å². The number of rotatable bonds is 4. The average Bonchev–Trinajstić information content (AvgIpc) is 2.86. The summed E-state index contributed by atoms with van der Waals surface area (Å²) in [6.45, 7) is 4.88. The van der Waals surface area contributed by atoms with Crippen molar-refractivity contribution in [3.8, 4) is 0 Å². The molecule has 0 aromatic heterocycles. The minimum Gasteiger partial charge on any atom is -0.480 e. The second-order valence-corrected chi connectivity index (χ2v) is 7.66. The van der Waals surface area contributed by atoms with Crippen molar-refractivity contribution < 1.29 is 14.7 Å². The molecule has 0 spiro atoms. The summed E-state index contributed by atoms with van der Waals surface area (Å²) in [6.07, 6.45) is 4.94. The Balaban J connectivity index is 2.19. The maximum atomic E-state index is 13.0. The summed E-state index contributed by atoms with van der Waals surface area (Å²) < 4.78 is 0. The normalized spacial score (nSPS) is 25.9. The summed E-state index contributed by atoms with van der Waals surface area (Å²) in [5.74, 6) is 1.10. The first-order chi connectivity index (χ1) is 9.46. The van der Waals surface area contributed by atoms with Crippen LogP contribution in [0.25, 0.3) is 0 Å². The van der Waals surface area contributed by atoms with Gasteiger partial charge < -0.3 is 10.0 Å². The quantitative estimate of drug-likeness (QED) is 0.867. The van der Waals surface area contributed by atoms with Gasteiger partial charge in [-0.25, -0.2) is 4.79 Å². The zero-order valence-corrected chi connectivity index (χ0v) is 13.2. The molecule has 2 rings (SSSR count). The topological polar surface area (TPSA) is 57.6 Å². The number of carboxylic acids is 1. The lowest BCUT2D eigenvalue weighted by Gasteiger charge is -2.40. The number of carboxylic acid groups (broad SMARTS) is 1. The molecule has 2 aliphatic rings. The van der Waals surface area contributed by atoms with Gasteiger partial charge in [0.05, 0.1) is 0 Å². The molecule has 4 nitrogen and oxygen atoms in total. The number of hydrogen-bond acceptors (Lipinski definition) is 3. The van der Waals surface area contributed by atoms with E-state index in [9.17, 15) is 14.7 Å². The fourth-order valence-corrected chi connectivity index (χ4v) is 4.73. The highest BCUT2D eigenvalue weighted by atomic mass is 32.2. The molecule has 0 aromatic rings. The fourth-order valence-electron chi connectivity index (χ4n) is 3.69. The van der Waals surface area contributed by atoms with Crippen LogP contribution in [-0.2, 0) is 9.59 Å². The van der Waals surface area contributed by atoms with Gasteiger partial charge in [0.1, 0.15) is 6.04 Å². The Morgan fingerprint density at radius 3 is 2.55 bits per heavy atom. The molecule has 1 aliphatic heterocycles. The van der Waals surface area contributed by atoms with Gasteiger partial charge in [-0.2, -0.15) is 11.8 Å². The molecule has 1 aliphatic carbocycles. The highest BCUT2D eigenvalue weighted by Crippen LogP contribution is 2.45. The van der Waals surface area contributed by atoms with Crippen LogP contribution in [0.15, 0.2) is 0 Å². The van der Waals surface area contributed by atoms with Gasteiger partial charge in [0.25, 0.3) is 0 Å². The SMILES string of the molecule is CC(C)CC1(C(=O)N2CCSCC2C(=O)O)CCCC1. The van der Waals surface area contributed by atoms with E-state index in [0.29, 0.717) is 18.2 Å². The number of aliphatic carboxylic acids is 1. The maximum Gasteiger partial charge on any atom is 0.327 e. The lowest BCUT2D eigenvalue weighted by molar-refractivity contribution is -0.155. The first-order valence-corrected chi connectivity index (χ1v) is 8.73. The Hall–Kier alpha value is -0.710. The van der Waals surface area contributed by atoms with Crippen LogP contribution >= 0.6 is 11.8 Å². The minimum atomic E-state index is -0.858. The number of carbonyl (C=O) groups is 2. The van der Waals surface area contributed by atoms with Crippen LogP contribution in [0.3, 0.4) is 0 Å². The zero-order chi connectivity index (χ0) is 14.8. The highest BCUT2D eigenvalue weighted by molar-refractivity contribution is 7.99. The molecule has 1 saturated heterocycles. The van der Waals surface area contributed by atoms with E-state index in [-0.39, 0.29) is 11.3 Å². The van der Waals surface area contributed by atoms with Crippen molar-refractivity contribution in [2.45, 2.75) is 52.0 Å². The van der Waals surface area contributed by atoms with Crippen LogP contribution in [-0.4, -0.2) is 46.0 Å². The van der Waals surface area contributed by atoms with Crippen molar-refractivity contribution in [3.63, 3.8) is 0 Å². The highest BCUT2D eigenvalue weighted by Gasteiger charge is 2.46. The smallest absolute Gasteiger partial charge is 0.327 e. The van der Waals surface area contributed by atoms with Crippen molar-refractivity contribution in [2.75, 3.05) is 18.1 Å². The van der Waals surface area contributed by atoms with Crippen LogP contribution in [0, 0.1) is 11.3 Å². The van der Waals surface area contributed by atoms with Gasteiger partial charge in [-0.1, -0.05) is 26.7 Å². The Morgan fingerprint density at radius 2 is 2.00 bits per heavy atom. The fraction of sp³-hybridized carbons (Fsp3) is 0.867. The molecule has 1 atom stereocenters. The van der Waals surface area contributed by atoms with Crippen LogP contribution in [0.4, 0.5) is 0 Å². The molecular weight excluding hydrogens is 274 g/mol. The first-order valence-electron chi connectivity index (χ1n) is 7.58. The third kappa shape index (κ3) is 3.13. The molecule has 1 N–H and O–H groups in total. The average molecular weight is 299 g/mol. The Labute approximate surface area is 125 Å². The van der Waals surface area contributed by atoms with Gasteiger partial charge in [-0.05, 0) is 25.2 Å². The predicted molar refractivity (Wildman–Crippen MR) is 80.8 cm³/mol. The van der Waals surface area contributed by atoms with E-state index < -0.39 is 12.0 Å². The molecule has 0 bridgehead atoms. The molecule has 0 aromatic carbocycles. The molecular formula is C15H25NO3S. The van der Waals surface area contributed by atoms with Gasteiger partial charge in [-0.3, -0.25) is 4.79 Å². The van der Waals surface area contributed by atoms with Crippen molar-refractivity contribution in [1.29, 1.82) is 0 Å². The number of thioether (sulfide) groups is 1. The van der Waals surface area contributed by atoms with Crippen LogP contribution in [0.2, 0.25) is 0 Å². The molecule has 1 heterocycles. The van der Waals surface area contributed by atoms with Crippen LogP contribution in [0.5, 0.6) is 0 Å². The largest absolute Gasteiger partial charge is 0.480 e. The van der Waals surface area contributed by atoms with Crippen molar-refractivity contribution in [3.05, 3.63) is 0 Å². The molecule has 0 radical (unpaired) electrons. The summed E-state index contributed by atoms with van der Waals surface area (Å²) in [6, 6.07) is -0.633. The Morgan fingerprint density at radius 1 is 1.35 bits per heavy atom. The zero-order valence-electron chi connectivity index (χ0n) is 12.4. The number of hydrogen-bond donors (Lipinski definition) is 1. The third-order valence-electron chi connectivity index (χ3n) is 4.49. The lowest BCUT2D eigenvalue weighted by Crippen LogP contribution is -2.55. The van der Waals surface area contributed by atoms with Gasteiger partial charge in [0.15, 0.2) is 0 Å². The summed E-state index contributed by atoms with van der Waals surface area (Å²) in [5, 5.41) is 9.36. The third-order valence-corrected chi connectivity index (χ3v) is 5.51. The van der Waals surface area contributed by atoms with Crippen molar-refractivity contribution >= 4 is 23.6 Å². The van der Waals surface area contributed by atoms with Crippen molar-refractivity contribution in [1.82, 2.24) is 4.90 Å². The molecule has 5 heteroatoms. The van der Waals surface area contributed by atoms with E-state index >= 15 is 0 Å². The number of amides is 1. The van der Waals surface area contributed by atoms with E-state index in [4.69, 9.17) is 0 Å². The van der Waals surface area contributed by atoms with E-state index in [0.717, 1.165) is 37.9 Å². The Bertz CT molecular complexity index is 377. The second-order valence-electron chi connectivity index (χ2n) is 6.51. The monoisotopic (exact) mass is 299 g/mol. The van der Waals surface area contributed by atoms with Gasteiger partial charge in [0.2, 0.25) is 5.91 Å². The van der Waals surface area contributed by atoms with E-state index in [1.165, 1.54) is 0 Å². The summed E-state index contributed by atoms with van der Waals surface area (Å²) in [5.41, 5.74) is -0.288. The predicted octanol–water partition coefficient (Wildman–Crippen LogP) is 2.62. The summed E-state index contributed by atoms with van der Waals surface area (Å²) in [7, 11) is 0. The molecule has 1 amide bonds. The van der Waals surface area contributed by atoms with E-state index in [1.807, 2.05) is 0 Å². The molecule has 20 heavy (non-hydrogen) atoms. The number of nitrogens with zero attached hydrogens (tertiary/aromatic N) is 1. The van der Waals surface area contributed by atoms with Crippen LogP contribution in [0.1, 0.15) is 46.0 Å². The first kappa shape index (κ1) is 15.7. The summed E-state index contributed by atoms with van der Waals surface area (Å²) >= 11 is 1.63. The number of carbonyl (C=O) groups excluding carboxylic acids is 1. The van der Waals surface area contributed by atoms with Crippen molar-refractivity contribution in [2.24, 2.45) is 11.3 Å². The van der Waals surface area contributed by atoms with E-state index in [2.05, 4.69) is 13.8 Å².